The monoisotopic (exact) mass is 229 g/mol. The van der Waals surface area contributed by atoms with E-state index in [1.807, 2.05) is 0 Å². The molecule has 0 fully saturated rings. The van der Waals surface area contributed by atoms with Crippen molar-refractivity contribution >= 4 is 5.78 Å². The normalized spacial score (nSPS) is 15.4. The largest absolute Gasteiger partial charge is 0.294 e. The van der Waals surface area contributed by atoms with Gasteiger partial charge in [0.25, 0.3) is 0 Å². The van der Waals surface area contributed by atoms with Crippen molar-refractivity contribution < 1.29 is 4.79 Å². The average molecular weight is 229 g/mol. The zero-order valence-electron chi connectivity index (χ0n) is 9.18. The van der Waals surface area contributed by atoms with Crippen LogP contribution in [0.5, 0.6) is 0 Å². The van der Waals surface area contributed by atoms with Gasteiger partial charge >= 0.3 is 0 Å². The molecule has 0 bridgehead atoms. The van der Waals surface area contributed by atoms with Gasteiger partial charge in [0.15, 0.2) is 11.6 Å². The van der Waals surface area contributed by atoms with Crippen LogP contribution in [0.1, 0.15) is 35.3 Å². The van der Waals surface area contributed by atoms with Crippen molar-refractivity contribution in [2.45, 2.75) is 25.7 Å². The molecule has 0 spiro atoms. The summed E-state index contributed by atoms with van der Waals surface area (Å²) >= 11 is 0. The number of Topliss-reactive ketones (excluding diaryl/α,β-unsaturated/α-hetero) is 1. The lowest BCUT2D eigenvalue weighted by atomic mass is 10.1. The van der Waals surface area contributed by atoms with Crippen molar-refractivity contribution in [2.24, 2.45) is 0 Å². The number of fused-ring (bicyclic) bond motifs is 1. The number of aryl methyl sites for hydroxylation is 1. The summed E-state index contributed by atoms with van der Waals surface area (Å²) < 4.78 is 0. The number of hydrogen-bond acceptors (Lipinski definition) is 5. The van der Waals surface area contributed by atoms with E-state index in [9.17, 15) is 4.79 Å². The van der Waals surface area contributed by atoms with Gasteiger partial charge in [-0.15, -0.1) is 0 Å². The molecular formula is C11H11N5O. The number of carbonyl (C=O) groups excluding carboxylic acids is 1. The van der Waals surface area contributed by atoms with Crippen molar-refractivity contribution in [2.75, 3.05) is 0 Å². The van der Waals surface area contributed by atoms with Gasteiger partial charge in [0.1, 0.15) is 5.69 Å². The maximum absolute atomic E-state index is 11.8. The lowest BCUT2D eigenvalue weighted by Crippen LogP contribution is -2.05. The molecule has 17 heavy (non-hydrogen) atoms. The highest BCUT2D eigenvalue weighted by atomic mass is 16.1. The molecule has 0 aromatic carbocycles. The second-order valence-electron chi connectivity index (χ2n) is 4.04. The summed E-state index contributed by atoms with van der Waals surface area (Å²) in [5.74, 6) is 0.663. The lowest BCUT2D eigenvalue weighted by molar-refractivity contribution is 0.0981. The predicted octanol–water partition coefficient (Wildman–Crippen LogP) is 1.17. The van der Waals surface area contributed by atoms with Crippen LogP contribution in [0.2, 0.25) is 0 Å². The molecule has 2 heterocycles. The van der Waals surface area contributed by atoms with Crippen LogP contribution in [-0.4, -0.2) is 31.2 Å². The Hall–Kier alpha value is -2.11. The molecule has 1 N–H and O–H groups in total. The Morgan fingerprint density at radius 2 is 2.06 bits per heavy atom. The van der Waals surface area contributed by atoms with Crippen molar-refractivity contribution in [3.8, 4) is 11.5 Å². The summed E-state index contributed by atoms with van der Waals surface area (Å²) in [6, 6.07) is 0. The topological polar surface area (TPSA) is 84.4 Å². The summed E-state index contributed by atoms with van der Waals surface area (Å²) in [6.45, 7) is 0. The molecule has 0 aliphatic heterocycles. The molecule has 6 nitrogen and oxygen atoms in total. The molecule has 2 aromatic rings. The van der Waals surface area contributed by atoms with Gasteiger partial charge in [-0.2, -0.15) is 15.4 Å². The molecule has 0 unspecified atom stereocenters. The predicted molar refractivity (Wildman–Crippen MR) is 59.3 cm³/mol. The number of nitrogens with one attached hydrogen (secondary N) is 1. The second-order valence-corrected chi connectivity index (χ2v) is 4.04. The number of hydrogen-bond donors (Lipinski definition) is 1. The van der Waals surface area contributed by atoms with Crippen molar-refractivity contribution in [3.05, 3.63) is 23.7 Å². The Labute approximate surface area is 97.5 Å². The van der Waals surface area contributed by atoms with E-state index in [1.165, 1.54) is 0 Å². The van der Waals surface area contributed by atoms with Crippen LogP contribution in [-0.2, 0) is 6.42 Å². The van der Waals surface area contributed by atoms with E-state index < -0.39 is 0 Å². The van der Waals surface area contributed by atoms with Crippen LogP contribution in [0.4, 0.5) is 0 Å². The fourth-order valence-electron chi connectivity index (χ4n) is 1.99. The molecule has 2 aromatic heterocycles. The minimum absolute atomic E-state index is 0.143. The SMILES string of the molecule is O=C1CCCCc2nc(-c3cn[nH]n3)ncc21. The Balaban J connectivity index is 2.06. The number of nitrogens with zero attached hydrogens (tertiary/aromatic N) is 4. The van der Waals surface area contributed by atoms with Gasteiger partial charge in [0, 0.05) is 12.6 Å². The van der Waals surface area contributed by atoms with Crippen LogP contribution >= 0.6 is 0 Å². The Kier molecular flexibility index (Phi) is 2.40. The van der Waals surface area contributed by atoms with Crippen molar-refractivity contribution in [1.82, 2.24) is 25.4 Å². The molecule has 0 saturated heterocycles. The Bertz CT molecular complexity index is 549. The molecular weight excluding hydrogens is 218 g/mol. The maximum atomic E-state index is 11.8. The molecule has 86 valence electrons. The second kappa shape index (κ2) is 4.04. The summed E-state index contributed by atoms with van der Waals surface area (Å²) in [5, 5.41) is 10.2. The standard InChI is InChI=1S/C11H11N5O/c17-10-4-2-1-3-8-7(10)5-12-11(14-8)9-6-13-16-15-9/h5-6H,1-4H2,(H,13,15,16). The van der Waals surface area contributed by atoms with E-state index in [2.05, 4.69) is 25.4 Å². The maximum Gasteiger partial charge on any atom is 0.181 e. The highest BCUT2D eigenvalue weighted by Gasteiger charge is 2.18. The third-order valence-electron chi connectivity index (χ3n) is 2.88. The summed E-state index contributed by atoms with van der Waals surface area (Å²) in [4.78, 5) is 20.4. The zero-order valence-corrected chi connectivity index (χ0v) is 9.18. The highest BCUT2D eigenvalue weighted by molar-refractivity contribution is 5.97. The minimum atomic E-state index is 0.143. The van der Waals surface area contributed by atoms with Gasteiger partial charge in [0.2, 0.25) is 0 Å². The smallest absolute Gasteiger partial charge is 0.181 e. The number of aromatic nitrogens is 5. The first-order chi connectivity index (χ1) is 8.34. The van der Waals surface area contributed by atoms with Crippen LogP contribution in [0.25, 0.3) is 11.5 Å². The molecule has 0 amide bonds. The molecule has 1 aliphatic rings. The van der Waals surface area contributed by atoms with E-state index >= 15 is 0 Å². The third kappa shape index (κ3) is 1.82. The minimum Gasteiger partial charge on any atom is -0.294 e. The first-order valence-electron chi connectivity index (χ1n) is 5.60. The van der Waals surface area contributed by atoms with Gasteiger partial charge in [-0.05, 0) is 19.3 Å². The van der Waals surface area contributed by atoms with Gasteiger partial charge < -0.3 is 0 Å². The quantitative estimate of drug-likeness (QED) is 0.742. The fraction of sp³-hybridized carbons (Fsp3) is 0.364. The third-order valence-corrected chi connectivity index (χ3v) is 2.88. The van der Waals surface area contributed by atoms with E-state index in [1.54, 1.807) is 12.4 Å². The number of rotatable bonds is 1. The molecule has 0 radical (unpaired) electrons. The molecule has 0 saturated carbocycles. The van der Waals surface area contributed by atoms with E-state index in [0.29, 0.717) is 23.5 Å². The van der Waals surface area contributed by atoms with Crippen molar-refractivity contribution in [1.29, 1.82) is 0 Å². The van der Waals surface area contributed by atoms with Crippen LogP contribution in [0.15, 0.2) is 12.4 Å². The number of ketones is 1. The average Bonchev–Trinajstić information content (AvgIpc) is 2.82. The number of H-pyrrole nitrogens is 1. The summed E-state index contributed by atoms with van der Waals surface area (Å²) in [6.07, 6.45) is 6.52. The summed E-state index contributed by atoms with van der Waals surface area (Å²) in [7, 11) is 0. The first kappa shape index (κ1) is 10.1. The Morgan fingerprint density at radius 1 is 1.18 bits per heavy atom. The highest BCUT2D eigenvalue weighted by Crippen LogP contribution is 2.20. The molecule has 3 rings (SSSR count). The number of carbonyl (C=O) groups is 1. The van der Waals surface area contributed by atoms with Crippen molar-refractivity contribution in [3.63, 3.8) is 0 Å². The van der Waals surface area contributed by atoms with Gasteiger partial charge in [-0.3, -0.25) is 4.79 Å². The van der Waals surface area contributed by atoms with Gasteiger partial charge in [-0.25, -0.2) is 9.97 Å². The van der Waals surface area contributed by atoms with Gasteiger partial charge in [0.05, 0.1) is 17.5 Å². The summed E-state index contributed by atoms with van der Waals surface area (Å²) in [5.41, 5.74) is 2.10. The van der Waals surface area contributed by atoms with E-state index in [0.717, 1.165) is 25.0 Å². The fourth-order valence-corrected chi connectivity index (χ4v) is 1.99. The van der Waals surface area contributed by atoms with Crippen LogP contribution in [0.3, 0.4) is 0 Å². The Morgan fingerprint density at radius 3 is 2.88 bits per heavy atom. The molecule has 0 atom stereocenters. The van der Waals surface area contributed by atoms with E-state index in [4.69, 9.17) is 0 Å². The molecule has 1 aliphatic carbocycles. The zero-order chi connectivity index (χ0) is 11.7. The first-order valence-corrected chi connectivity index (χ1v) is 5.60. The van der Waals surface area contributed by atoms with Crippen LogP contribution < -0.4 is 0 Å². The number of aromatic amines is 1. The lowest BCUT2D eigenvalue weighted by Gasteiger charge is -2.03. The molecule has 6 heteroatoms. The van der Waals surface area contributed by atoms with Crippen LogP contribution in [0, 0.1) is 0 Å². The van der Waals surface area contributed by atoms with E-state index in [-0.39, 0.29) is 5.78 Å². The van der Waals surface area contributed by atoms with Gasteiger partial charge in [-0.1, -0.05) is 0 Å².